The molecule has 35 heavy (non-hydrogen) atoms. The van der Waals surface area contributed by atoms with E-state index in [2.05, 4.69) is 19.8 Å². The van der Waals surface area contributed by atoms with E-state index in [9.17, 15) is 21.6 Å². The molecule has 1 saturated heterocycles. The lowest BCUT2D eigenvalue weighted by Gasteiger charge is -2.18. The molecule has 3 aromatic rings. The number of aryl methyl sites for hydroxylation is 3. The van der Waals surface area contributed by atoms with Crippen molar-refractivity contribution in [3.8, 4) is 17.1 Å². The van der Waals surface area contributed by atoms with Crippen LogP contribution in [0.15, 0.2) is 41.6 Å². The summed E-state index contributed by atoms with van der Waals surface area (Å²) < 4.78 is 73.6. The predicted octanol–water partition coefficient (Wildman–Crippen LogP) is 3.31. The Balaban J connectivity index is 1.66. The van der Waals surface area contributed by atoms with Gasteiger partial charge in [0.15, 0.2) is 0 Å². The van der Waals surface area contributed by atoms with Gasteiger partial charge in [-0.15, -0.1) is 0 Å². The van der Waals surface area contributed by atoms with Crippen LogP contribution in [-0.2, 0) is 17.1 Å². The number of alkyl halides is 3. The van der Waals surface area contributed by atoms with Gasteiger partial charge in [0.05, 0.1) is 18.4 Å². The highest BCUT2D eigenvalue weighted by atomic mass is 32.2. The lowest BCUT2D eigenvalue weighted by molar-refractivity contribution is -0.144. The van der Waals surface area contributed by atoms with E-state index in [0.717, 1.165) is 16.7 Å². The molecular weight excluding hydrogens is 485 g/mol. The Labute approximate surface area is 201 Å². The smallest absolute Gasteiger partial charge is 0.401 e. The summed E-state index contributed by atoms with van der Waals surface area (Å²) >= 11 is 0. The molecule has 0 saturated carbocycles. The van der Waals surface area contributed by atoms with Crippen molar-refractivity contribution >= 4 is 16.0 Å². The number of ether oxygens (including phenoxy) is 1. The molecule has 0 unspecified atom stereocenters. The van der Waals surface area contributed by atoms with Gasteiger partial charge in [0.1, 0.15) is 11.0 Å². The van der Waals surface area contributed by atoms with Crippen LogP contribution >= 0.6 is 0 Å². The van der Waals surface area contributed by atoms with Crippen molar-refractivity contribution in [2.24, 2.45) is 7.05 Å². The molecule has 1 aliphatic heterocycles. The van der Waals surface area contributed by atoms with Crippen LogP contribution in [0.4, 0.5) is 19.1 Å². The summed E-state index contributed by atoms with van der Waals surface area (Å²) in [7, 11) is -2.44. The molecule has 0 bridgehead atoms. The third-order valence-corrected chi connectivity index (χ3v) is 6.86. The fraction of sp³-hybridized carbons (Fsp3) is 0.409. The van der Waals surface area contributed by atoms with E-state index in [1.165, 1.54) is 22.0 Å². The fourth-order valence-corrected chi connectivity index (χ4v) is 4.98. The number of likely N-dealkylation sites (tertiary alicyclic amines) is 1. The number of sulfonamides is 1. The van der Waals surface area contributed by atoms with Gasteiger partial charge >= 0.3 is 6.18 Å². The Hall–Kier alpha value is -3.19. The molecule has 0 amide bonds. The number of hydrogen-bond donors (Lipinski definition) is 1. The maximum Gasteiger partial charge on any atom is 0.401 e. The van der Waals surface area contributed by atoms with Crippen LogP contribution in [0.3, 0.4) is 0 Å². The van der Waals surface area contributed by atoms with Gasteiger partial charge in [-0.05, 0) is 31.4 Å². The van der Waals surface area contributed by atoms with E-state index in [1.807, 2.05) is 32.0 Å². The van der Waals surface area contributed by atoms with Gasteiger partial charge in [-0.3, -0.25) is 9.58 Å². The maximum atomic E-state index is 12.8. The Kier molecular flexibility index (Phi) is 6.73. The molecule has 0 spiro atoms. The zero-order valence-electron chi connectivity index (χ0n) is 19.4. The minimum absolute atomic E-state index is 0.0675. The van der Waals surface area contributed by atoms with Crippen LogP contribution in [0, 0.1) is 13.8 Å². The summed E-state index contributed by atoms with van der Waals surface area (Å²) in [6.45, 7) is 3.10. The SMILES string of the molecule is Cc1cccc(C)c1-c1cc(O[C@@H]2CCN(CC(F)(F)F)C2)nc(NS(=O)(=O)c2cnn(C)c2)n1. The summed E-state index contributed by atoms with van der Waals surface area (Å²) in [5.74, 6) is -0.144. The van der Waals surface area contributed by atoms with Crippen LogP contribution in [0.25, 0.3) is 11.3 Å². The fourth-order valence-electron chi connectivity index (χ4n) is 4.06. The molecule has 1 N–H and O–H groups in total. The highest BCUT2D eigenvalue weighted by Crippen LogP contribution is 2.30. The largest absolute Gasteiger partial charge is 0.473 e. The van der Waals surface area contributed by atoms with E-state index in [-0.39, 0.29) is 29.8 Å². The summed E-state index contributed by atoms with van der Waals surface area (Å²) in [6.07, 6.45) is -1.90. The monoisotopic (exact) mass is 510 g/mol. The highest BCUT2D eigenvalue weighted by molar-refractivity contribution is 7.92. The van der Waals surface area contributed by atoms with Crippen LogP contribution in [0.5, 0.6) is 5.88 Å². The topological polar surface area (TPSA) is 102 Å². The lowest BCUT2D eigenvalue weighted by atomic mass is 10.00. The van der Waals surface area contributed by atoms with E-state index in [1.54, 1.807) is 13.1 Å². The molecule has 3 heterocycles. The van der Waals surface area contributed by atoms with Crippen LogP contribution < -0.4 is 9.46 Å². The standard InChI is InChI=1S/C22H25F3N6O3S/c1-14-5-4-6-15(2)20(14)18-9-19(34-16-7-8-31(11-16)13-22(23,24)25)28-21(27-18)29-35(32,33)17-10-26-30(3)12-17/h4-6,9-10,12,16H,7-8,11,13H2,1-3H3,(H,27,28,29)/t16-/m1/s1. The van der Waals surface area contributed by atoms with Crippen LogP contribution in [0.1, 0.15) is 17.5 Å². The first-order chi connectivity index (χ1) is 16.4. The molecule has 13 heteroatoms. The van der Waals surface area contributed by atoms with Gasteiger partial charge in [0.2, 0.25) is 11.8 Å². The number of benzene rings is 1. The average Bonchev–Trinajstić information content (AvgIpc) is 3.35. The number of nitrogens with zero attached hydrogens (tertiary/aromatic N) is 5. The van der Waals surface area contributed by atoms with E-state index in [4.69, 9.17) is 4.74 Å². The number of rotatable bonds is 7. The Morgan fingerprint density at radius 1 is 1.20 bits per heavy atom. The quantitative estimate of drug-likeness (QED) is 0.520. The first kappa shape index (κ1) is 24.9. The van der Waals surface area contributed by atoms with Gasteiger partial charge in [-0.1, -0.05) is 18.2 Å². The zero-order chi connectivity index (χ0) is 25.4. The molecule has 1 atom stereocenters. The molecule has 9 nitrogen and oxygen atoms in total. The second-order valence-corrected chi connectivity index (χ2v) is 10.2. The van der Waals surface area contributed by atoms with Gasteiger partial charge in [-0.2, -0.15) is 23.3 Å². The van der Waals surface area contributed by atoms with Crippen LogP contribution in [-0.4, -0.2) is 65.0 Å². The number of anilines is 1. The average molecular weight is 511 g/mol. The summed E-state index contributed by atoms with van der Waals surface area (Å²) in [4.78, 5) is 9.82. The minimum Gasteiger partial charge on any atom is -0.473 e. The minimum atomic E-state index is -4.29. The van der Waals surface area contributed by atoms with Crippen molar-refractivity contribution in [2.45, 2.75) is 37.4 Å². The normalized spacial score (nSPS) is 17.0. The van der Waals surface area contributed by atoms with Crippen LogP contribution in [0.2, 0.25) is 0 Å². The van der Waals surface area contributed by atoms with Gasteiger partial charge < -0.3 is 4.74 Å². The first-order valence-corrected chi connectivity index (χ1v) is 12.3. The number of halogens is 3. The van der Waals surface area contributed by atoms with Crippen molar-refractivity contribution < 1.29 is 26.3 Å². The first-order valence-electron chi connectivity index (χ1n) is 10.8. The zero-order valence-corrected chi connectivity index (χ0v) is 20.2. The lowest BCUT2D eigenvalue weighted by Crippen LogP contribution is -2.33. The Bertz CT molecular complexity index is 1310. The van der Waals surface area contributed by atoms with E-state index < -0.39 is 28.8 Å². The Morgan fingerprint density at radius 3 is 2.54 bits per heavy atom. The van der Waals surface area contributed by atoms with Gasteiger partial charge in [0.25, 0.3) is 10.0 Å². The Morgan fingerprint density at radius 2 is 1.91 bits per heavy atom. The molecular formula is C22H25F3N6O3S. The van der Waals surface area contributed by atoms with Crippen molar-refractivity contribution in [3.63, 3.8) is 0 Å². The van der Waals surface area contributed by atoms with E-state index in [0.29, 0.717) is 12.1 Å². The molecule has 0 aliphatic carbocycles. The molecule has 0 radical (unpaired) electrons. The maximum absolute atomic E-state index is 12.8. The molecule has 4 rings (SSSR count). The number of nitrogens with one attached hydrogen (secondary N) is 1. The second-order valence-electron chi connectivity index (χ2n) is 8.52. The molecule has 188 valence electrons. The van der Waals surface area contributed by atoms with E-state index >= 15 is 0 Å². The molecule has 1 fully saturated rings. The molecule has 1 aromatic carbocycles. The van der Waals surface area contributed by atoms with Crippen molar-refractivity contribution in [2.75, 3.05) is 24.4 Å². The summed E-state index contributed by atoms with van der Waals surface area (Å²) in [6, 6.07) is 7.27. The highest BCUT2D eigenvalue weighted by Gasteiger charge is 2.35. The molecule has 1 aliphatic rings. The third kappa shape index (κ3) is 6.09. The van der Waals surface area contributed by atoms with Crippen molar-refractivity contribution in [1.29, 1.82) is 0 Å². The van der Waals surface area contributed by atoms with Crippen molar-refractivity contribution in [1.82, 2.24) is 24.6 Å². The predicted molar refractivity (Wildman–Crippen MR) is 122 cm³/mol. The second kappa shape index (κ2) is 9.46. The summed E-state index contributed by atoms with van der Waals surface area (Å²) in [5.41, 5.74) is 3.03. The van der Waals surface area contributed by atoms with Gasteiger partial charge in [-0.25, -0.2) is 18.1 Å². The summed E-state index contributed by atoms with van der Waals surface area (Å²) in [5, 5.41) is 3.88. The number of aromatic nitrogens is 4. The third-order valence-electron chi connectivity index (χ3n) is 5.58. The number of hydrogen-bond acceptors (Lipinski definition) is 7. The van der Waals surface area contributed by atoms with Crippen molar-refractivity contribution in [3.05, 3.63) is 47.8 Å². The van der Waals surface area contributed by atoms with Gasteiger partial charge in [0, 0.05) is 38.0 Å². The molecule has 2 aromatic heterocycles.